The molecule has 3 heteroatoms. The summed E-state index contributed by atoms with van der Waals surface area (Å²) in [4.78, 5) is 2.42. The van der Waals surface area contributed by atoms with Gasteiger partial charge in [0.2, 0.25) is 0 Å². The minimum absolute atomic E-state index is 0.581. The number of likely N-dealkylation sites (tertiary alicyclic amines) is 1. The molecule has 0 bridgehead atoms. The fourth-order valence-corrected chi connectivity index (χ4v) is 2.83. The lowest BCUT2D eigenvalue weighted by atomic mass is 9.90. The monoisotopic (exact) mass is 266 g/mol. The highest BCUT2D eigenvalue weighted by molar-refractivity contribution is 6.30. The first kappa shape index (κ1) is 13.9. The second-order valence-electron chi connectivity index (χ2n) is 5.44. The third kappa shape index (κ3) is 3.98. The summed E-state index contributed by atoms with van der Waals surface area (Å²) in [5.74, 6) is 0.806. The lowest BCUT2D eigenvalue weighted by Gasteiger charge is -2.33. The molecular weight excluding hydrogens is 244 g/mol. The Morgan fingerprint density at radius 3 is 2.78 bits per heavy atom. The first-order chi connectivity index (χ1) is 8.65. The van der Waals surface area contributed by atoms with Crippen LogP contribution in [-0.4, -0.2) is 31.1 Å². The summed E-state index contributed by atoms with van der Waals surface area (Å²) in [6, 6.07) is 8.68. The van der Waals surface area contributed by atoms with Crippen molar-refractivity contribution in [2.24, 2.45) is 5.92 Å². The Morgan fingerprint density at radius 2 is 2.11 bits per heavy atom. The molecule has 18 heavy (non-hydrogen) atoms. The van der Waals surface area contributed by atoms with Gasteiger partial charge in [0, 0.05) is 17.6 Å². The summed E-state index contributed by atoms with van der Waals surface area (Å²) >= 11 is 5.99. The molecular formula is C15H23ClN2. The standard InChI is InChI=1S/C15H23ClN2/c1-12(14-6-8-18(2)9-7-14)17-11-13-4-3-5-15(16)10-13/h3-5,10,12,14,17H,6-9,11H2,1-2H3. The summed E-state index contributed by atoms with van der Waals surface area (Å²) in [5.41, 5.74) is 1.27. The van der Waals surface area contributed by atoms with Crippen molar-refractivity contribution in [1.82, 2.24) is 10.2 Å². The molecule has 2 rings (SSSR count). The summed E-state index contributed by atoms with van der Waals surface area (Å²) < 4.78 is 0. The van der Waals surface area contributed by atoms with E-state index in [-0.39, 0.29) is 0 Å². The number of hydrogen-bond acceptors (Lipinski definition) is 2. The highest BCUT2D eigenvalue weighted by Crippen LogP contribution is 2.20. The molecule has 1 aromatic rings. The van der Waals surface area contributed by atoms with Gasteiger partial charge in [-0.2, -0.15) is 0 Å². The molecule has 1 saturated heterocycles. The van der Waals surface area contributed by atoms with Crippen LogP contribution >= 0.6 is 11.6 Å². The number of nitrogens with one attached hydrogen (secondary N) is 1. The van der Waals surface area contributed by atoms with E-state index in [1.165, 1.54) is 31.5 Å². The quantitative estimate of drug-likeness (QED) is 0.901. The molecule has 0 saturated carbocycles. The molecule has 1 aliphatic heterocycles. The summed E-state index contributed by atoms with van der Waals surface area (Å²) in [6.45, 7) is 5.68. The average molecular weight is 267 g/mol. The van der Waals surface area contributed by atoms with Gasteiger partial charge in [-0.1, -0.05) is 23.7 Å². The smallest absolute Gasteiger partial charge is 0.0409 e. The van der Waals surface area contributed by atoms with Crippen LogP contribution in [0.2, 0.25) is 5.02 Å². The molecule has 0 radical (unpaired) electrons. The Bertz CT molecular complexity index is 373. The van der Waals surface area contributed by atoms with Crippen LogP contribution in [0.4, 0.5) is 0 Å². The Labute approximate surface area is 115 Å². The van der Waals surface area contributed by atoms with E-state index in [2.05, 4.69) is 30.3 Å². The highest BCUT2D eigenvalue weighted by Gasteiger charge is 2.21. The molecule has 2 nitrogen and oxygen atoms in total. The second kappa shape index (κ2) is 6.55. The van der Waals surface area contributed by atoms with Crippen LogP contribution in [-0.2, 0) is 6.54 Å². The van der Waals surface area contributed by atoms with Gasteiger partial charge >= 0.3 is 0 Å². The van der Waals surface area contributed by atoms with Crippen molar-refractivity contribution in [3.8, 4) is 0 Å². The third-order valence-corrected chi connectivity index (χ3v) is 4.22. The van der Waals surface area contributed by atoms with E-state index in [0.717, 1.165) is 17.5 Å². The van der Waals surface area contributed by atoms with Crippen molar-refractivity contribution in [3.63, 3.8) is 0 Å². The highest BCUT2D eigenvalue weighted by atomic mass is 35.5. The summed E-state index contributed by atoms with van der Waals surface area (Å²) in [7, 11) is 2.21. The van der Waals surface area contributed by atoms with Gasteiger partial charge in [0.05, 0.1) is 0 Å². The molecule has 1 fully saturated rings. The predicted molar refractivity (Wildman–Crippen MR) is 78.0 cm³/mol. The third-order valence-electron chi connectivity index (χ3n) is 3.99. The number of halogens is 1. The largest absolute Gasteiger partial charge is 0.310 e. The van der Waals surface area contributed by atoms with Gasteiger partial charge in [0.15, 0.2) is 0 Å². The maximum atomic E-state index is 5.99. The van der Waals surface area contributed by atoms with Crippen LogP contribution in [0.5, 0.6) is 0 Å². The number of rotatable bonds is 4. The molecule has 0 amide bonds. The molecule has 1 unspecified atom stereocenters. The van der Waals surface area contributed by atoms with Gasteiger partial charge in [-0.15, -0.1) is 0 Å². The van der Waals surface area contributed by atoms with Crippen LogP contribution in [0.15, 0.2) is 24.3 Å². The lowest BCUT2D eigenvalue weighted by molar-refractivity contribution is 0.189. The Balaban J connectivity index is 1.79. The van der Waals surface area contributed by atoms with Crippen LogP contribution < -0.4 is 5.32 Å². The van der Waals surface area contributed by atoms with Crippen LogP contribution in [0.3, 0.4) is 0 Å². The molecule has 1 N–H and O–H groups in total. The first-order valence-corrected chi connectivity index (χ1v) is 7.19. The molecule has 0 spiro atoms. The van der Waals surface area contributed by atoms with E-state index in [1.807, 2.05) is 18.2 Å². The molecule has 0 aliphatic carbocycles. The van der Waals surface area contributed by atoms with E-state index in [9.17, 15) is 0 Å². The van der Waals surface area contributed by atoms with Crippen molar-refractivity contribution in [1.29, 1.82) is 0 Å². The van der Waals surface area contributed by atoms with Crippen molar-refractivity contribution in [2.45, 2.75) is 32.4 Å². The summed E-state index contributed by atoms with van der Waals surface area (Å²) in [6.07, 6.45) is 2.61. The fourth-order valence-electron chi connectivity index (χ4n) is 2.62. The minimum atomic E-state index is 0.581. The molecule has 1 aromatic carbocycles. The van der Waals surface area contributed by atoms with Gasteiger partial charge in [-0.05, 0) is 63.5 Å². The molecule has 1 aliphatic rings. The van der Waals surface area contributed by atoms with Gasteiger partial charge in [0.25, 0.3) is 0 Å². The maximum absolute atomic E-state index is 5.99. The lowest BCUT2D eigenvalue weighted by Crippen LogP contribution is -2.40. The number of hydrogen-bond donors (Lipinski definition) is 1. The van der Waals surface area contributed by atoms with E-state index in [4.69, 9.17) is 11.6 Å². The molecule has 100 valence electrons. The van der Waals surface area contributed by atoms with Gasteiger partial charge < -0.3 is 10.2 Å². The zero-order valence-electron chi connectivity index (χ0n) is 11.3. The van der Waals surface area contributed by atoms with E-state index >= 15 is 0 Å². The van der Waals surface area contributed by atoms with Crippen molar-refractivity contribution in [3.05, 3.63) is 34.9 Å². The minimum Gasteiger partial charge on any atom is -0.310 e. The van der Waals surface area contributed by atoms with Crippen molar-refractivity contribution in [2.75, 3.05) is 20.1 Å². The van der Waals surface area contributed by atoms with E-state index in [0.29, 0.717) is 6.04 Å². The summed E-state index contributed by atoms with van der Waals surface area (Å²) in [5, 5.41) is 4.45. The number of benzene rings is 1. The van der Waals surface area contributed by atoms with Crippen molar-refractivity contribution < 1.29 is 0 Å². The van der Waals surface area contributed by atoms with Crippen LogP contribution in [0, 0.1) is 5.92 Å². The van der Waals surface area contributed by atoms with Crippen molar-refractivity contribution >= 4 is 11.6 Å². The van der Waals surface area contributed by atoms with Crippen LogP contribution in [0.1, 0.15) is 25.3 Å². The maximum Gasteiger partial charge on any atom is 0.0409 e. The first-order valence-electron chi connectivity index (χ1n) is 6.81. The number of piperidine rings is 1. The topological polar surface area (TPSA) is 15.3 Å². The average Bonchev–Trinajstić information content (AvgIpc) is 2.37. The van der Waals surface area contributed by atoms with Gasteiger partial charge in [-0.3, -0.25) is 0 Å². The molecule has 0 aromatic heterocycles. The van der Waals surface area contributed by atoms with Crippen LogP contribution in [0.25, 0.3) is 0 Å². The predicted octanol–water partition coefficient (Wildman–Crippen LogP) is 3.16. The Hall–Kier alpha value is -0.570. The van der Waals surface area contributed by atoms with E-state index < -0.39 is 0 Å². The SMILES string of the molecule is CC(NCc1cccc(Cl)c1)C1CCN(C)CC1. The molecule has 1 atom stereocenters. The normalized spacial score (nSPS) is 19.9. The fraction of sp³-hybridized carbons (Fsp3) is 0.600. The Morgan fingerprint density at radius 1 is 1.39 bits per heavy atom. The van der Waals surface area contributed by atoms with E-state index in [1.54, 1.807) is 0 Å². The zero-order valence-corrected chi connectivity index (χ0v) is 12.1. The second-order valence-corrected chi connectivity index (χ2v) is 5.88. The zero-order chi connectivity index (χ0) is 13.0. The Kier molecular flexibility index (Phi) is 5.04. The van der Waals surface area contributed by atoms with Gasteiger partial charge in [0.1, 0.15) is 0 Å². The molecule has 1 heterocycles. The van der Waals surface area contributed by atoms with Gasteiger partial charge in [-0.25, -0.2) is 0 Å². The number of nitrogens with zero attached hydrogens (tertiary/aromatic N) is 1.